The van der Waals surface area contributed by atoms with E-state index in [4.69, 9.17) is 4.74 Å². The van der Waals surface area contributed by atoms with Crippen LogP contribution in [-0.4, -0.2) is 26.8 Å². The van der Waals surface area contributed by atoms with Crippen molar-refractivity contribution in [3.63, 3.8) is 0 Å². The number of nitrogens with zero attached hydrogens (tertiary/aromatic N) is 4. The number of para-hydroxylation sites is 1. The van der Waals surface area contributed by atoms with E-state index in [0.29, 0.717) is 13.2 Å². The number of aromatic nitrogens is 4. The lowest BCUT2D eigenvalue weighted by molar-refractivity contribution is 0.289. The van der Waals surface area contributed by atoms with Crippen LogP contribution in [-0.2, 0) is 6.54 Å². The van der Waals surface area contributed by atoms with Crippen molar-refractivity contribution in [1.82, 2.24) is 20.2 Å². The van der Waals surface area contributed by atoms with E-state index in [2.05, 4.69) is 15.5 Å². The third kappa shape index (κ3) is 2.29. The molecule has 1 aromatic heterocycles. The molecule has 0 unspecified atom stereocenters. The molecule has 2 aromatic rings. The molecule has 72 valence electrons. The molecule has 5 nitrogen and oxygen atoms in total. The third-order valence-corrected chi connectivity index (χ3v) is 1.72. The smallest absolute Gasteiger partial charge is 0.138 e. The first-order chi connectivity index (χ1) is 6.95. The molecule has 14 heavy (non-hydrogen) atoms. The number of hydrogen-bond acceptors (Lipinski definition) is 4. The van der Waals surface area contributed by atoms with Crippen LogP contribution in [0.2, 0.25) is 0 Å². The van der Waals surface area contributed by atoms with Crippen LogP contribution in [0.4, 0.5) is 0 Å². The first kappa shape index (κ1) is 8.68. The van der Waals surface area contributed by atoms with Crippen molar-refractivity contribution in [3.05, 3.63) is 36.7 Å². The van der Waals surface area contributed by atoms with Gasteiger partial charge >= 0.3 is 0 Å². The van der Waals surface area contributed by atoms with Gasteiger partial charge in [-0.1, -0.05) is 18.2 Å². The monoisotopic (exact) mass is 190 g/mol. The van der Waals surface area contributed by atoms with Crippen molar-refractivity contribution in [3.8, 4) is 5.75 Å². The summed E-state index contributed by atoms with van der Waals surface area (Å²) in [7, 11) is 0. The van der Waals surface area contributed by atoms with Gasteiger partial charge in [0.1, 0.15) is 18.7 Å². The Labute approximate surface area is 81.3 Å². The Kier molecular flexibility index (Phi) is 2.70. The Hall–Kier alpha value is -1.91. The Morgan fingerprint density at radius 1 is 1.21 bits per heavy atom. The highest BCUT2D eigenvalue weighted by Crippen LogP contribution is 2.07. The minimum Gasteiger partial charge on any atom is -0.492 e. The van der Waals surface area contributed by atoms with Gasteiger partial charge in [0.25, 0.3) is 0 Å². The summed E-state index contributed by atoms with van der Waals surface area (Å²) in [5.74, 6) is 0.862. The van der Waals surface area contributed by atoms with Crippen molar-refractivity contribution in [1.29, 1.82) is 0 Å². The lowest BCUT2D eigenvalue weighted by Gasteiger charge is -2.04. The Morgan fingerprint density at radius 3 is 2.79 bits per heavy atom. The molecule has 1 heterocycles. The Balaban J connectivity index is 1.79. The molecule has 2 rings (SSSR count). The molecule has 0 bridgehead atoms. The molecule has 0 N–H and O–H groups in total. The largest absolute Gasteiger partial charge is 0.492 e. The van der Waals surface area contributed by atoms with Gasteiger partial charge in [-0.2, -0.15) is 0 Å². The van der Waals surface area contributed by atoms with Gasteiger partial charge in [0, 0.05) is 0 Å². The van der Waals surface area contributed by atoms with Crippen LogP contribution in [0.25, 0.3) is 0 Å². The van der Waals surface area contributed by atoms with Gasteiger partial charge in [-0.3, -0.25) is 0 Å². The van der Waals surface area contributed by atoms with Crippen LogP contribution < -0.4 is 4.74 Å². The molecule has 0 aliphatic carbocycles. The van der Waals surface area contributed by atoms with Gasteiger partial charge in [-0.25, -0.2) is 4.68 Å². The van der Waals surface area contributed by atoms with Crippen LogP contribution in [0.1, 0.15) is 0 Å². The van der Waals surface area contributed by atoms with Gasteiger partial charge in [0.2, 0.25) is 0 Å². The molecular formula is C9H10N4O. The predicted octanol–water partition coefficient (Wildman–Crippen LogP) is 0.752. The fourth-order valence-corrected chi connectivity index (χ4v) is 1.06. The normalized spacial score (nSPS) is 10.0. The summed E-state index contributed by atoms with van der Waals surface area (Å²) >= 11 is 0. The van der Waals surface area contributed by atoms with Crippen molar-refractivity contribution in [2.24, 2.45) is 0 Å². The molecule has 0 saturated heterocycles. The minimum atomic E-state index is 0.565. The van der Waals surface area contributed by atoms with E-state index in [1.807, 2.05) is 30.3 Å². The Bertz CT molecular complexity index is 360. The molecule has 0 radical (unpaired) electrons. The first-order valence-corrected chi connectivity index (χ1v) is 4.34. The van der Waals surface area contributed by atoms with Gasteiger partial charge in [0.05, 0.1) is 6.54 Å². The number of rotatable bonds is 4. The first-order valence-electron chi connectivity index (χ1n) is 4.34. The van der Waals surface area contributed by atoms with Crippen LogP contribution in [0.15, 0.2) is 36.7 Å². The van der Waals surface area contributed by atoms with Crippen LogP contribution in [0.5, 0.6) is 5.75 Å². The fourth-order valence-electron chi connectivity index (χ4n) is 1.06. The van der Waals surface area contributed by atoms with Gasteiger partial charge in [-0.05, 0) is 22.6 Å². The second-order valence-corrected chi connectivity index (χ2v) is 2.73. The zero-order valence-corrected chi connectivity index (χ0v) is 7.58. The topological polar surface area (TPSA) is 52.8 Å². The standard InChI is InChI=1S/C9H10N4O/c1-2-4-9(5-3-1)14-7-6-13-8-10-11-12-13/h1-5,8H,6-7H2. The van der Waals surface area contributed by atoms with Crippen molar-refractivity contribution in [2.45, 2.75) is 6.54 Å². The van der Waals surface area contributed by atoms with E-state index in [1.54, 1.807) is 11.0 Å². The van der Waals surface area contributed by atoms with Crippen molar-refractivity contribution >= 4 is 0 Å². The molecule has 0 aliphatic rings. The van der Waals surface area contributed by atoms with Crippen LogP contribution in [0.3, 0.4) is 0 Å². The SMILES string of the molecule is c1ccc(OCCn2cnnn2)cc1. The summed E-state index contributed by atoms with van der Waals surface area (Å²) in [5.41, 5.74) is 0. The van der Waals surface area contributed by atoms with E-state index >= 15 is 0 Å². The van der Waals surface area contributed by atoms with Gasteiger partial charge < -0.3 is 4.74 Å². The van der Waals surface area contributed by atoms with Crippen molar-refractivity contribution in [2.75, 3.05) is 6.61 Å². The zero-order valence-electron chi connectivity index (χ0n) is 7.58. The lowest BCUT2D eigenvalue weighted by atomic mass is 10.3. The van der Waals surface area contributed by atoms with E-state index in [1.165, 1.54) is 0 Å². The number of tetrazole rings is 1. The highest BCUT2D eigenvalue weighted by Gasteiger charge is 1.93. The fraction of sp³-hybridized carbons (Fsp3) is 0.222. The molecule has 0 fully saturated rings. The highest BCUT2D eigenvalue weighted by atomic mass is 16.5. The summed E-state index contributed by atoms with van der Waals surface area (Å²) in [4.78, 5) is 0. The molecule has 5 heteroatoms. The minimum absolute atomic E-state index is 0.565. The summed E-state index contributed by atoms with van der Waals surface area (Å²) in [6.45, 7) is 1.22. The number of ether oxygens (including phenoxy) is 1. The van der Waals surface area contributed by atoms with Gasteiger partial charge in [-0.15, -0.1) is 5.10 Å². The summed E-state index contributed by atoms with van der Waals surface area (Å²) in [5, 5.41) is 10.8. The lowest BCUT2D eigenvalue weighted by Crippen LogP contribution is -2.08. The summed E-state index contributed by atoms with van der Waals surface area (Å²) in [6, 6.07) is 9.66. The maximum absolute atomic E-state index is 5.46. The zero-order chi connectivity index (χ0) is 9.64. The Morgan fingerprint density at radius 2 is 2.07 bits per heavy atom. The van der Waals surface area contributed by atoms with E-state index in [9.17, 15) is 0 Å². The van der Waals surface area contributed by atoms with E-state index < -0.39 is 0 Å². The van der Waals surface area contributed by atoms with E-state index in [0.717, 1.165) is 5.75 Å². The second kappa shape index (κ2) is 4.36. The number of benzene rings is 1. The average molecular weight is 190 g/mol. The third-order valence-electron chi connectivity index (χ3n) is 1.72. The second-order valence-electron chi connectivity index (χ2n) is 2.73. The summed E-state index contributed by atoms with van der Waals surface area (Å²) < 4.78 is 7.09. The maximum Gasteiger partial charge on any atom is 0.138 e. The van der Waals surface area contributed by atoms with Crippen LogP contribution in [0, 0.1) is 0 Å². The van der Waals surface area contributed by atoms with Crippen LogP contribution >= 0.6 is 0 Å². The van der Waals surface area contributed by atoms with Gasteiger partial charge in [0.15, 0.2) is 0 Å². The molecular weight excluding hydrogens is 180 g/mol. The highest BCUT2D eigenvalue weighted by molar-refractivity contribution is 5.20. The number of hydrogen-bond donors (Lipinski definition) is 0. The average Bonchev–Trinajstić information content (AvgIpc) is 2.72. The maximum atomic E-state index is 5.46. The predicted molar refractivity (Wildman–Crippen MR) is 49.8 cm³/mol. The molecule has 1 aromatic carbocycles. The van der Waals surface area contributed by atoms with E-state index in [-0.39, 0.29) is 0 Å². The molecule has 0 aliphatic heterocycles. The summed E-state index contributed by atoms with van der Waals surface area (Å²) in [6.07, 6.45) is 1.56. The molecule has 0 atom stereocenters. The molecule has 0 saturated carbocycles. The molecule has 0 spiro atoms. The molecule has 0 amide bonds. The quantitative estimate of drug-likeness (QED) is 0.714. The van der Waals surface area contributed by atoms with Crippen molar-refractivity contribution < 1.29 is 4.74 Å².